The van der Waals surface area contributed by atoms with Crippen molar-refractivity contribution in [3.63, 3.8) is 0 Å². The molecule has 0 unspecified atom stereocenters. The van der Waals surface area contributed by atoms with Crippen molar-refractivity contribution < 1.29 is 18.0 Å². The molecule has 0 radical (unpaired) electrons. The van der Waals surface area contributed by atoms with Crippen LogP contribution in [0.25, 0.3) is 0 Å². The Balaban J connectivity index is 1.53. The van der Waals surface area contributed by atoms with Crippen molar-refractivity contribution in [2.75, 3.05) is 0 Å². The standard InChI is InChI=1S/C23H25ClN2O4S/c1-15-10-11-16(14-26-22(27)18-7-3-4-8-19(18)23(26)28)12-21(15)31(29,30)25-13-17-6-2-5-9-20(17)24/h2,5-6,9-12,18-19,25H,3-4,7-8,13-14H2,1H3/t18-,19+. The molecule has 8 heteroatoms. The van der Waals surface area contributed by atoms with E-state index in [1.165, 1.54) is 4.90 Å². The lowest BCUT2D eigenvalue weighted by molar-refractivity contribution is -0.140. The monoisotopic (exact) mass is 460 g/mol. The minimum atomic E-state index is -3.81. The third kappa shape index (κ3) is 4.40. The Morgan fingerprint density at radius 3 is 2.32 bits per heavy atom. The predicted octanol–water partition coefficient (Wildman–Crippen LogP) is 3.80. The lowest BCUT2D eigenvalue weighted by Gasteiger charge is -2.19. The topological polar surface area (TPSA) is 83.6 Å². The molecule has 2 amide bonds. The third-order valence-corrected chi connectivity index (χ3v) is 8.14. The van der Waals surface area contributed by atoms with Crippen LogP contribution in [0.4, 0.5) is 0 Å². The molecule has 0 aromatic heterocycles. The largest absolute Gasteiger partial charge is 0.278 e. The third-order valence-electron chi connectivity index (χ3n) is 6.23. The number of nitrogens with one attached hydrogen (secondary N) is 1. The number of amides is 2. The molecule has 2 aromatic carbocycles. The summed E-state index contributed by atoms with van der Waals surface area (Å²) in [4.78, 5) is 27.0. The molecule has 1 aliphatic carbocycles. The summed E-state index contributed by atoms with van der Waals surface area (Å²) in [5, 5.41) is 0.489. The van der Waals surface area contributed by atoms with E-state index in [1.54, 1.807) is 49.4 Å². The molecule has 0 spiro atoms. The van der Waals surface area contributed by atoms with Gasteiger partial charge in [0.25, 0.3) is 0 Å². The molecule has 2 aliphatic rings. The molecule has 164 valence electrons. The van der Waals surface area contributed by atoms with Crippen LogP contribution < -0.4 is 4.72 Å². The van der Waals surface area contributed by atoms with E-state index >= 15 is 0 Å². The fraction of sp³-hybridized carbons (Fsp3) is 0.391. The van der Waals surface area contributed by atoms with E-state index in [2.05, 4.69) is 4.72 Å². The molecule has 1 saturated heterocycles. The van der Waals surface area contributed by atoms with Crippen molar-refractivity contribution >= 4 is 33.4 Å². The zero-order valence-corrected chi connectivity index (χ0v) is 18.9. The van der Waals surface area contributed by atoms with Gasteiger partial charge in [-0.3, -0.25) is 14.5 Å². The minimum absolute atomic E-state index is 0.0676. The van der Waals surface area contributed by atoms with Crippen LogP contribution in [0.3, 0.4) is 0 Å². The average Bonchev–Trinajstić information content (AvgIpc) is 2.99. The highest BCUT2D eigenvalue weighted by Gasteiger charge is 2.47. The van der Waals surface area contributed by atoms with E-state index < -0.39 is 10.0 Å². The van der Waals surface area contributed by atoms with E-state index in [-0.39, 0.29) is 41.6 Å². The average molecular weight is 461 g/mol. The summed E-state index contributed by atoms with van der Waals surface area (Å²) in [5.74, 6) is -0.688. The number of aryl methyl sites for hydroxylation is 1. The highest BCUT2D eigenvalue weighted by Crippen LogP contribution is 2.38. The van der Waals surface area contributed by atoms with Crippen LogP contribution in [0.2, 0.25) is 5.02 Å². The van der Waals surface area contributed by atoms with Gasteiger partial charge in [0.1, 0.15) is 0 Å². The fourth-order valence-corrected chi connectivity index (χ4v) is 6.00. The minimum Gasteiger partial charge on any atom is -0.278 e. The molecule has 2 fully saturated rings. The number of benzene rings is 2. The number of imide groups is 1. The van der Waals surface area contributed by atoms with E-state index in [1.807, 2.05) is 0 Å². The molecule has 1 saturated carbocycles. The maximum absolute atomic E-state index is 13.0. The van der Waals surface area contributed by atoms with Gasteiger partial charge in [-0.2, -0.15) is 0 Å². The van der Waals surface area contributed by atoms with Gasteiger partial charge in [-0.05, 0) is 48.6 Å². The Morgan fingerprint density at radius 2 is 1.68 bits per heavy atom. The first-order valence-electron chi connectivity index (χ1n) is 10.5. The van der Waals surface area contributed by atoms with Gasteiger partial charge in [0, 0.05) is 11.6 Å². The first kappa shape index (κ1) is 22.0. The van der Waals surface area contributed by atoms with Gasteiger partial charge < -0.3 is 0 Å². The fourth-order valence-electron chi connectivity index (χ4n) is 4.49. The summed E-state index contributed by atoms with van der Waals surface area (Å²) in [6, 6.07) is 12.1. The number of likely N-dealkylation sites (tertiary alicyclic amines) is 1. The normalized spacial score (nSPS) is 21.4. The Morgan fingerprint density at radius 1 is 1.03 bits per heavy atom. The van der Waals surface area contributed by atoms with E-state index in [0.29, 0.717) is 21.7 Å². The van der Waals surface area contributed by atoms with Crippen LogP contribution in [-0.2, 0) is 32.7 Å². The van der Waals surface area contributed by atoms with Crippen molar-refractivity contribution in [3.05, 3.63) is 64.2 Å². The van der Waals surface area contributed by atoms with Crippen LogP contribution in [-0.4, -0.2) is 25.1 Å². The Bertz CT molecular complexity index is 1110. The lowest BCUT2D eigenvalue weighted by Crippen LogP contribution is -2.30. The predicted molar refractivity (Wildman–Crippen MR) is 118 cm³/mol. The van der Waals surface area contributed by atoms with Crippen LogP contribution in [0.15, 0.2) is 47.4 Å². The van der Waals surface area contributed by atoms with Crippen LogP contribution in [0.1, 0.15) is 42.4 Å². The second-order valence-corrected chi connectivity index (χ2v) is 10.4. The Hall–Kier alpha value is -2.22. The van der Waals surface area contributed by atoms with Crippen molar-refractivity contribution in [2.24, 2.45) is 11.8 Å². The van der Waals surface area contributed by atoms with Gasteiger partial charge in [0.2, 0.25) is 21.8 Å². The SMILES string of the molecule is Cc1ccc(CN2C(=O)[C@H]3CCCC[C@H]3C2=O)cc1S(=O)(=O)NCc1ccccc1Cl. The van der Waals surface area contributed by atoms with E-state index in [9.17, 15) is 18.0 Å². The Labute approximate surface area is 187 Å². The van der Waals surface area contributed by atoms with Gasteiger partial charge in [0.15, 0.2) is 0 Å². The van der Waals surface area contributed by atoms with Crippen molar-refractivity contribution in [2.45, 2.75) is 50.6 Å². The molecular weight excluding hydrogens is 436 g/mol. The summed E-state index contributed by atoms with van der Waals surface area (Å²) >= 11 is 6.13. The number of carbonyl (C=O) groups is 2. The number of fused-ring (bicyclic) bond motifs is 1. The van der Waals surface area contributed by atoms with Gasteiger partial charge in [-0.25, -0.2) is 13.1 Å². The second kappa shape index (κ2) is 8.73. The van der Waals surface area contributed by atoms with E-state index in [4.69, 9.17) is 11.6 Å². The molecule has 4 rings (SSSR count). The van der Waals surface area contributed by atoms with Gasteiger partial charge in [0.05, 0.1) is 23.3 Å². The maximum Gasteiger partial charge on any atom is 0.241 e. The molecule has 1 N–H and O–H groups in total. The number of sulfonamides is 1. The van der Waals surface area contributed by atoms with Gasteiger partial charge in [-0.15, -0.1) is 0 Å². The molecule has 31 heavy (non-hydrogen) atoms. The zero-order valence-electron chi connectivity index (χ0n) is 17.3. The number of halogens is 1. The number of carbonyl (C=O) groups excluding carboxylic acids is 2. The van der Waals surface area contributed by atoms with Gasteiger partial charge >= 0.3 is 0 Å². The molecular formula is C23H25ClN2O4S. The highest BCUT2D eigenvalue weighted by atomic mass is 35.5. The first-order chi connectivity index (χ1) is 14.8. The molecule has 1 heterocycles. The molecule has 1 aliphatic heterocycles. The molecule has 0 bridgehead atoms. The van der Waals surface area contributed by atoms with Crippen LogP contribution in [0.5, 0.6) is 0 Å². The summed E-state index contributed by atoms with van der Waals surface area (Å²) < 4.78 is 28.5. The molecule has 2 aromatic rings. The van der Waals surface area contributed by atoms with Crippen LogP contribution in [0, 0.1) is 18.8 Å². The first-order valence-corrected chi connectivity index (χ1v) is 12.3. The summed E-state index contributed by atoms with van der Waals surface area (Å²) in [5.41, 5.74) is 1.88. The summed E-state index contributed by atoms with van der Waals surface area (Å²) in [6.45, 7) is 1.88. The number of rotatable bonds is 6. The quantitative estimate of drug-likeness (QED) is 0.664. The Kier molecular flexibility index (Phi) is 6.19. The van der Waals surface area contributed by atoms with Crippen molar-refractivity contribution in [1.29, 1.82) is 0 Å². The van der Waals surface area contributed by atoms with Crippen molar-refractivity contribution in [3.8, 4) is 0 Å². The number of nitrogens with zero attached hydrogens (tertiary/aromatic N) is 1. The zero-order chi connectivity index (χ0) is 22.2. The maximum atomic E-state index is 13.0. The number of hydrogen-bond acceptors (Lipinski definition) is 4. The molecule has 6 nitrogen and oxygen atoms in total. The number of hydrogen-bond donors (Lipinski definition) is 1. The van der Waals surface area contributed by atoms with Gasteiger partial charge in [-0.1, -0.05) is 54.8 Å². The highest BCUT2D eigenvalue weighted by molar-refractivity contribution is 7.89. The van der Waals surface area contributed by atoms with Crippen molar-refractivity contribution in [1.82, 2.24) is 9.62 Å². The lowest BCUT2D eigenvalue weighted by atomic mass is 9.81. The smallest absolute Gasteiger partial charge is 0.241 e. The molecule has 2 atom stereocenters. The van der Waals surface area contributed by atoms with E-state index in [0.717, 1.165) is 25.7 Å². The van der Waals surface area contributed by atoms with Crippen LogP contribution >= 0.6 is 11.6 Å². The second-order valence-electron chi connectivity index (χ2n) is 8.28. The summed E-state index contributed by atoms with van der Waals surface area (Å²) in [7, 11) is -3.81. The summed E-state index contributed by atoms with van der Waals surface area (Å²) in [6.07, 6.45) is 3.45.